The number of aryl methyl sites for hydroxylation is 2. The van der Waals surface area contributed by atoms with Crippen molar-refractivity contribution in [3.63, 3.8) is 0 Å². The van der Waals surface area contributed by atoms with Gasteiger partial charge in [0.1, 0.15) is 12.7 Å². The van der Waals surface area contributed by atoms with Gasteiger partial charge in [0.25, 0.3) is 0 Å². The van der Waals surface area contributed by atoms with Crippen LogP contribution >= 0.6 is 0 Å². The van der Waals surface area contributed by atoms with E-state index in [0.717, 1.165) is 26.2 Å². The van der Waals surface area contributed by atoms with Crippen LogP contribution in [0.4, 0.5) is 5.69 Å². The Morgan fingerprint density at radius 2 is 1.73 bits per heavy atom. The summed E-state index contributed by atoms with van der Waals surface area (Å²) in [6.07, 6.45) is -0.603. The van der Waals surface area contributed by atoms with Crippen molar-refractivity contribution in [2.75, 3.05) is 51.3 Å². The zero-order chi connectivity index (χ0) is 21.7. The molecule has 6 nitrogen and oxygen atoms in total. The van der Waals surface area contributed by atoms with Gasteiger partial charge < -0.3 is 19.5 Å². The van der Waals surface area contributed by atoms with Crippen LogP contribution in [0.25, 0.3) is 0 Å². The first-order valence-corrected chi connectivity index (χ1v) is 10.4. The van der Waals surface area contributed by atoms with E-state index in [1.165, 1.54) is 30.8 Å². The summed E-state index contributed by atoms with van der Waals surface area (Å²) in [6, 6.07) is 11.5. The van der Waals surface area contributed by atoms with Crippen LogP contribution in [0.5, 0.6) is 11.5 Å². The van der Waals surface area contributed by atoms with Crippen molar-refractivity contribution in [2.45, 2.75) is 26.9 Å². The van der Waals surface area contributed by atoms with Crippen LogP contribution < -0.4 is 14.4 Å². The van der Waals surface area contributed by atoms with Crippen molar-refractivity contribution in [3.8, 4) is 11.5 Å². The van der Waals surface area contributed by atoms with E-state index in [9.17, 15) is 9.90 Å². The highest BCUT2D eigenvalue weighted by Gasteiger charge is 2.22. The molecule has 0 aliphatic carbocycles. The highest BCUT2D eigenvalue weighted by atomic mass is 16.5. The maximum atomic E-state index is 11.5. The number of ether oxygens (including phenoxy) is 2. The van der Waals surface area contributed by atoms with Gasteiger partial charge in [0.15, 0.2) is 17.3 Å². The van der Waals surface area contributed by atoms with E-state index < -0.39 is 6.10 Å². The molecular formula is C24H32N2O4. The van der Waals surface area contributed by atoms with Crippen molar-refractivity contribution in [1.82, 2.24) is 4.90 Å². The zero-order valence-corrected chi connectivity index (χ0v) is 18.4. The van der Waals surface area contributed by atoms with Crippen LogP contribution in [-0.2, 0) is 0 Å². The minimum atomic E-state index is -0.603. The number of aliphatic hydroxyl groups excluding tert-OH is 1. The van der Waals surface area contributed by atoms with Crippen molar-refractivity contribution in [3.05, 3.63) is 53.1 Å². The first-order chi connectivity index (χ1) is 14.4. The van der Waals surface area contributed by atoms with E-state index in [1.807, 2.05) is 0 Å². The van der Waals surface area contributed by atoms with E-state index in [-0.39, 0.29) is 12.4 Å². The van der Waals surface area contributed by atoms with Crippen LogP contribution in [0.3, 0.4) is 0 Å². The van der Waals surface area contributed by atoms with Crippen LogP contribution in [0.2, 0.25) is 0 Å². The highest BCUT2D eigenvalue weighted by molar-refractivity contribution is 5.94. The summed E-state index contributed by atoms with van der Waals surface area (Å²) in [7, 11) is 1.54. The number of Topliss-reactive ketones (excluding diaryl/α,β-unsaturated/α-hetero) is 1. The van der Waals surface area contributed by atoms with E-state index in [1.54, 1.807) is 18.2 Å². The smallest absolute Gasteiger partial charge is 0.161 e. The lowest BCUT2D eigenvalue weighted by Crippen LogP contribution is -2.49. The fourth-order valence-electron chi connectivity index (χ4n) is 4.00. The van der Waals surface area contributed by atoms with E-state index in [2.05, 4.69) is 41.8 Å². The molecule has 162 valence electrons. The second kappa shape index (κ2) is 9.96. The number of aliphatic hydroxyl groups is 1. The van der Waals surface area contributed by atoms with E-state index >= 15 is 0 Å². The predicted octanol–water partition coefficient (Wildman–Crippen LogP) is 3.08. The third-order valence-electron chi connectivity index (χ3n) is 5.60. The van der Waals surface area contributed by atoms with Gasteiger partial charge >= 0.3 is 0 Å². The SMILES string of the molecule is COc1cc(C(C)=O)ccc1OC[C@H](O)CN1CCN(c2c(C)cccc2C)CC1. The molecule has 0 amide bonds. The second-order valence-electron chi connectivity index (χ2n) is 7.91. The molecule has 0 unspecified atom stereocenters. The van der Waals surface area contributed by atoms with Crippen molar-refractivity contribution < 1.29 is 19.4 Å². The summed E-state index contributed by atoms with van der Waals surface area (Å²) in [5, 5.41) is 10.5. The molecule has 0 radical (unpaired) electrons. The molecule has 0 saturated carbocycles. The molecule has 1 aliphatic rings. The molecule has 1 heterocycles. The Kier molecular flexibility index (Phi) is 7.34. The number of piperazine rings is 1. The molecule has 0 aromatic heterocycles. The molecule has 3 rings (SSSR count). The van der Waals surface area contributed by atoms with Gasteiger partial charge in [-0.3, -0.25) is 9.69 Å². The number of carbonyl (C=O) groups is 1. The minimum absolute atomic E-state index is 0.0279. The number of para-hydroxylation sites is 1. The molecule has 1 saturated heterocycles. The van der Waals surface area contributed by atoms with Gasteiger partial charge in [-0.1, -0.05) is 18.2 Å². The summed E-state index contributed by atoms with van der Waals surface area (Å²) in [6.45, 7) is 10.3. The largest absolute Gasteiger partial charge is 0.493 e. The van der Waals surface area contributed by atoms with Crippen LogP contribution in [0, 0.1) is 13.8 Å². The highest BCUT2D eigenvalue weighted by Crippen LogP contribution is 2.29. The number of ketones is 1. The number of rotatable bonds is 8. The zero-order valence-electron chi connectivity index (χ0n) is 18.4. The predicted molar refractivity (Wildman–Crippen MR) is 119 cm³/mol. The van der Waals surface area contributed by atoms with Crippen LogP contribution in [0.15, 0.2) is 36.4 Å². The van der Waals surface area contributed by atoms with Gasteiger partial charge in [-0.05, 0) is 50.1 Å². The number of benzene rings is 2. The lowest BCUT2D eigenvalue weighted by Gasteiger charge is -2.38. The Balaban J connectivity index is 1.50. The average molecular weight is 413 g/mol. The Hall–Kier alpha value is -2.57. The van der Waals surface area contributed by atoms with Crippen molar-refractivity contribution in [1.29, 1.82) is 0 Å². The summed E-state index contributed by atoms with van der Waals surface area (Å²) in [5.41, 5.74) is 4.52. The van der Waals surface area contributed by atoms with Gasteiger partial charge in [-0.15, -0.1) is 0 Å². The van der Waals surface area contributed by atoms with Gasteiger partial charge in [0.2, 0.25) is 0 Å². The summed E-state index contributed by atoms with van der Waals surface area (Å²) in [5.74, 6) is 0.999. The van der Waals surface area contributed by atoms with Gasteiger partial charge in [0, 0.05) is 44.0 Å². The maximum absolute atomic E-state index is 11.5. The first kappa shape index (κ1) is 22.1. The normalized spacial score (nSPS) is 15.7. The third-order valence-corrected chi connectivity index (χ3v) is 5.60. The molecule has 1 atom stereocenters. The number of β-amino-alcohol motifs (C(OH)–C–C–N with tert-alkyl or cyclic N) is 1. The van der Waals surface area contributed by atoms with E-state index in [4.69, 9.17) is 9.47 Å². The van der Waals surface area contributed by atoms with Gasteiger partial charge in [-0.25, -0.2) is 0 Å². The summed E-state index contributed by atoms with van der Waals surface area (Å²) < 4.78 is 11.1. The molecule has 0 bridgehead atoms. The molecule has 2 aromatic rings. The van der Waals surface area contributed by atoms with Crippen LogP contribution in [0.1, 0.15) is 28.4 Å². The Labute approximate surface area is 179 Å². The first-order valence-electron chi connectivity index (χ1n) is 10.4. The Morgan fingerprint density at radius 3 is 2.33 bits per heavy atom. The molecule has 1 N–H and O–H groups in total. The number of hydrogen-bond donors (Lipinski definition) is 1. The molecular weight excluding hydrogens is 380 g/mol. The maximum Gasteiger partial charge on any atom is 0.161 e. The standard InChI is InChI=1S/C24H32N2O4/c1-17-6-5-7-18(2)24(17)26-12-10-25(11-13-26)15-21(28)16-30-22-9-8-20(19(3)27)14-23(22)29-4/h5-9,14,21,28H,10-13,15-16H2,1-4H3/t21-/m1/s1. The molecule has 1 fully saturated rings. The number of hydrogen-bond acceptors (Lipinski definition) is 6. The van der Waals surface area contributed by atoms with E-state index in [0.29, 0.717) is 23.6 Å². The fourth-order valence-corrected chi connectivity index (χ4v) is 4.00. The molecule has 1 aliphatic heterocycles. The third kappa shape index (κ3) is 5.32. The quantitative estimate of drug-likeness (QED) is 0.673. The number of nitrogens with zero attached hydrogens (tertiary/aromatic N) is 2. The monoisotopic (exact) mass is 412 g/mol. The second-order valence-corrected chi connectivity index (χ2v) is 7.91. The summed E-state index contributed by atoms with van der Waals surface area (Å²) >= 11 is 0. The lowest BCUT2D eigenvalue weighted by molar-refractivity contribution is 0.0653. The topological polar surface area (TPSA) is 62.2 Å². The van der Waals surface area contributed by atoms with Crippen molar-refractivity contribution in [2.24, 2.45) is 0 Å². The minimum Gasteiger partial charge on any atom is -0.493 e. The number of anilines is 1. The summed E-state index contributed by atoms with van der Waals surface area (Å²) in [4.78, 5) is 16.2. The van der Waals surface area contributed by atoms with Crippen molar-refractivity contribution >= 4 is 11.5 Å². The Bertz CT molecular complexity index is 855. The number of carbonyl (C=O) groups excluding carboxylic acids is 1. The number of methoxy groups -OCH3 is 1. The average Bonchev–Trinajstić information content (AvgIpc) is 2.73. The lowest BCUT2D eigenvalue weighted by atomic mass is 10.1. The van der Waals surface area contributed by atoms with Gasteiger partial charge in [0.05, 0.1) is 7.11 Å². The molecule has 30 heavy (non-hydrogen) atoms. The molecule has 6 heteroatoms. The van der Waals surface area contributed by atoms with Crippen LogP contribution in [-0.4, -0.2) is 68.3 Å². The van der Waals surface area contributed by atoms with Gasteiger partial charge in [-0.2, -0.15) is 0 Å². The molecule has 2 aromatic carbocycles. The molecule has 0 spiro atoms. The fraction of sp³-hybridized carbons (Fsp3) is 0.458. The Morgan fingerprint density at radius 1 is 1.07 bits per heavy atom.